The summed E-state index contributed by atoms with van der Waals surface area (Å²) in [5.74, 6) is 1.27. The first-order valence-corrected chi connectivity index (χ1v) is 8.36. The molecule has 22 heavy (non-hydrogen) atoms. The lowest BCUT2D eigenvalue weighted by molar-refractivity contribution is 0.0519. The highest BCUT2D eigenvalue weighted by molar-refractivity contribution is 5.87. The van der Waals surface area contributed by atoms with E-state index in [2.05, 4.69) is 15.2 Å². The second-order valence-corrected chi connectivity index (χ2v) is 6.15. The lowest BCUT2D eigenvalue weighted by atomic mass is 9.79. The standard InChI is InChI=1S/C16H25N3O3/c1-2-21-15(20)14-11-22-16(18-14)19-9-5-13(6-10-19)12-3-7-17-8-4-12/h11-13,17H,2-10H2,1H3. The molecule has 1 aromatic heterocycles. The molecule has 0 amide bonds. The van der Waals surface area contributed by atoms with Gasteiger partial charge in [0.25, 0.3) is 6.01 Å². The molecule has 0 radical (unpaired) electrons. The molecule has 0 saturated carbocycles. The summed E-state index contributed by atoms with van der Waals surface area (Å²) in [6.07, 6.45) is 6.36. The Kier molecular flexibility index (Phi) is 4.97. The number of rotatable bonds is 4. The first-order chi connectivity index (χ1) is 10.8. The fourth-order valence-corrected chi connectivity index (χ4v) is 3.59. The quantitative estimate of drug-likeness (QED) is 0.859. The summed E-state index contributed by atoms with van der Waals surface area (Å²) >= 11 is 0. The van der Waals surface area contributed by atoms with Crippen molar-refractivity contribution in [2.24, 2.45) is 11.8 Å². The topological polar surface area (TPSA) is 67.6 Å². The van der Waals surface area contributed by atoms with Gasteiger partial charge in [-0.1, -0.05) is 0 Å². The molecule has 0 spiro atoms. The van der Waals surface area contributed by atoms with Crippen LogP contribution in [0.5, 0.6) is 0 Å². The number of esters is 1. The Balaban J connectivity index is 1.53. The number of anilines is 1. The van der Waals surface area contributed by atoms with Crippen molar-refractivity contribution in [3.05, 3.63) is 12.0 Å². The number of nitrogens with zero attached hydrogens (tertiary/aromatic N) is 2. The maximum absolute atomic E-state index is 11.6. The van der Waals surface area contributed by atoms with Gasteiger partial charge in [-0.25, -0.2) is 4.79 Å². The van der Waals surface area contributed by atoms with Crippen LogP contribution in [0.25, 0.3) is 0 Å². The van der Waals surface area contributed by atoms with Crippen LogP contribution < -0.4 is 10.2 Å². The van der Waals surface area contributed by atoms with Crippen molar-refractivity contribution in [1.29, 1.82) is 0 Å². The Bertz CT molecular complexity index is 489. The van der Waals surface area contributed by atoms with E-state index in [1.165, 1.54) is 31.9 Å². The zero-order chi connectivity index (χ0) is 15.4. The number of carbonyl (C=O) groups excluding carboxylic acids is 1. The molecule has 0 unspecified atom stereocenters. The van der Waals surface area contributed by atoms with E-state index < -0.39 is 5.97 Å². The fourth-order valence-electron chi connectivity index (χ4n) is 3.59. The van der Waals surface area contributed by atoms with Gasteiger partial charge in [0.15, 0.2) is 5.69 Å². The van der Waals surface area contributed by atoms with Gasteiger partial charge in [0.2, 0.25) is 0 Å². The Labute approximate surface area is 131 Å². The number of oxazole rings is 1. The smallest absolute Gasteiger partial charge is 0.360 e. The average molecular weight is 307 g/mol. The van der Waals surface area contributed by atoms with E-state index >= 15 is 0 Å². The van der Waals surface area contributed by atoms with Gasteiger partial charge in [0, 0.05) is 13.1 Å². The van der Waals surface area contributed by atoms with Crippen LogP contribution in [-0.2, 0) is 4.74 Å². The summed E-state index contributed by atoms with van der Waals surface area (Å²) < 4.78 is 10.4. The van der Waals surface area contributed by atoms with E-state index in [9.17, 15) is 4.79 Å². The predicted molar refractivity (Wildman–Crippen MR) is 83.0 cm³/mol. The predicted octanol–water partition coefficient (Wildman–Crippen LogP) is 2.07. The number of hydrogen-bond donors (Lipinski definition) is 1. The van der Waals surface area contributed by atoms with Crippen LogP contribution in [0.15, 0.2) is 10.7 Å². The fraction of sp³-hybridized carbons (Fsp3) is 0.750. The Hall–Kier alpha value is -1.56. The Morgan fingerprint density at radius 3 is 2.68 bits per heavy atom. The van der Waals surface area contributed by atoms with Crippen molar-refractivity contribution in [1.82, 2.24) is 10.3 Å². The molecular formula is C16H25N3O3. The summed E-state index contributed by atoms with van der Waals surface area (Å²) in [4.78, 5) is 18.0. The summed E-state index contributed by atoms with van der Waals surface area (Å²) in [5, 5.41) is 3.43. The molecule has 6 nitrogen and oxygen atoms in total. The van der Waals surface area contributed by atoms with E-state index in [1.54, 1.807) is 6.92 Å². The first-order valence-electron chi connectivity index (χ1n) is 8.36. The normalized spacial score (nSPS) is 21.0. The minimum absolute atomic E-state index is 0.261. The van der Waals surface area contributed by atoms with Crippen LogP contribution in [-0.4, -0.2) is 43.7 Å². The lowest BCUT2D eigenvalue weighted by Crippen LogP contribution is -2.39. The van der Waals surface area contributed by atoms with Gasteiger partial charge in [-0.3, -0.25) is 0 Å². The van der Waals surface area contributed by atoms with E-state index in [0.29, 0.717) is 12.6 Å². The van der Waals surface area contributed by atoms with Crippen LogP contribution in [0.4, 0.5) is 6.01 Å². The highest BCUT2D eigenvalue weighted by Gasteiger charge is 2.29. The highest BCUT2D eigenvalue weighted by atomic mass is 16.5. The molecule has 122 valence electrons. The minimum atomic E-state index is -0.415. The minimum Gasteiger partial charge on any atom is -0.461 e. The molecule has 1 aromatic rings. The van der Waals surface area contributed by atoms with Gasteiger partial charge in [0.1, 0.15) is 6.26 Å². The van der Waals surface area contributed by atoms with E-state index in [0.717, 1.165) is 38.0 Å². The lowest BCUT2D eigenvalue weighted by Gasteiger charge is -2.37. The largest absolute Gasteiger partial charge is 0.461 e. The third kappa shape index (κ3) is 3.43. The van der Waals surface area contributed by atoms with Gasteiger partial charge in [-0.15, -0.1) is 0 Å². The Morgan fingerprint density at radius 1 is 1.32 bits per heavy atom. The van der Waals surface area contributed by atoms with Gasteiger partial charge in [0.05, 0.1) is 6.61 Å². The number of aromatic nitrogens is 1. The van der Waals surface area contributed by atoms with Crippen LogP contribution in [0.1, 0.15) is 43.1 Å². The van der Waals surface area contributed by atoms with Crippen molar-refractivity contribution < 1.29 is 13.9 Å². The van der Waals surface area contributed by atoms with Crippen LogP contribution in [0, 0.1) is 11.8 Å². The van der Waals surface area contributed by atoms with Crippen molar-refractivity contribution >= 4 is 12.0 Å². The van der Waals surface area contributed by atoms with Gasteiger partial charge in [-0.2, -0.15) is 4.98 Å². The van der Waals surface area contributed by atoms with E-state index in [4.69, 9.17) is 9.15 Å². The molecule has 0 aromatic carbocycles. The molecule has 3 heterocycles. The van der Waals surface area contributed by atoms with Crippen molar-refractivity contribution in [3.8, 4) is 0 Å². The summed E-state index contributed by atoms with van der Waals surface area (Å²) in [7, 11) is 0. The molecule has 6 heteroatoms. The van der Waals surface area contributed by atoms with Crippen LogP contribution in [0.2, 0.25) is 0 Å². The van der Waals surface area contributed by atoms with Crippen LogP contribution >= 0.6 is 0 Å². The number of piperidine rings is 2. The van der Waals surface area contributed by atoms with Gasteiger partial charge < -0.3 is 19.4 Å². The Morgan fingerprint density at radius 2 is 2.00 bits per heavy atom. The van der Waals surface area contributed by atoms with Gasteiger partial charge >= 0.3 is 5.97 Å². The van der Waals surface area contributed by atoms with Gasteiger partial charge in [-0.05, 0) is 57.5 Å². The molecule has 0 aliphatic carbocycles. The molecule has 2 fully saturated rings. The molecule has 3 rings (SSSR count). The zero-order valence-corrected chi connectivity index (χ0v) is 13.2. The van der Waals surface area contributed by atoms with Crippen molar-refractivity contribution in [3.63, 3.8) is 0 Å². The number of carbonyl (C=O) groups is 1. The second-order valence-electron chi connectivity index (χ2n) is 6.15. The molecule has 0 bridgehead atoms. The van der Waals surface area contributed by atoms with Crippen molar-refractivity contribution in [2.75, 3.05) is 37.7 Å². The molecule has 1 N–H and O–H groups in total. The second kappa shape index (κ2) is 7.13. The average Bonchev–Trinajstić information content (AvgIpc) is 3.06. The summed E-state index contributed by atoms with van der Waals surface area (Å²) in [5.41, 5.74) is 0.261. The molecular weight excluding hydrogens is 282 g/mol. The molecule has 2 aliphatic rings. The molecule has 2 aliphatic heterocycles. The number of nitrogens with one attached hydrogen (secondary N) is 1. The first kappa shape index (κ1) is 15.3. The highest BCUT2D eigenvalue weighted by Crippen LogP contribution is 2.32. The van der Waals surface area contributed by atoms with Crippen LogP contribution in [0.3, 0.4) is 0 Å². The zero-order valence-electron chi connectivity index (χ0n) is 13.2. The van der Waals surface area contributed by atoms with E-state index in [1.807, 2.05) is 0 Å². The third-order valence-electron chi connectivity index (χ3n) is 4.84. The monoisotopic (exact) mass is 307 g/mol. The summed E-state index contributed by atoms with van der Waals surface area (Å²) in [6, 6.07) is 0.548. The number of hydrogen-bond acceptors (Lipinski definition) is 6. The maximum atomic E-state index is 11.6. The third-order valence-corrected chi connectivity index (χ3v) is 4.84. The molecule has 0 atom stereocenters. The van der Waals surface area contributed by atoms with E-state index in [-0.39, 0.29) is 5.69 Å². The molecule has 2 saturated heterocycles. The number of ether oxygens (including phenoxy) is 1. The SMILES string of the molecule is CCOC(=O)c1coc(N2CCC(C3CCNCC3)CC2)n1. The maximum Gasteiger partial charge on any atom is 0.360 e. The summed E-state index contributed by atoms with van der Waals surface area (Å²) in [6.45, 7) is 6.36. The van der Waals surface area contributed by atoms with Crippen molar-refractivity contribution in [2.45, 2.75) is 32.6 Å².